The summed E-state index contributed by atoms with van der Waals surface area (Å²) in [7, 11) is 0. The highest BCUT2D eigenvalue weighted by molar-refractivity contribution is 5.76. The Morgan fingerprint density at radius 1 is 1.33 bits per heavy atom. The minimum atomic E-state index is -3.94. The van der Waals surface area contributed by atoms with Crippen molar-refractivity contribution >= 4 is 5.97 Å². The molecular weight excluding hydrogens is 242 g/mol. The van der Waals surface area contributed by atoms with E-state index in [1.807, 2.05) is 0 Å². The zero-order chi connectivity index (χ0) is 13.2. The summed E-state index contributed by atoms with van der Waals surface area (Å²) in [6, 6.07) is 4.78. The van der Waals surface area contributed by atoms with Gasteiger partial charge in [0.2, 0.25) is 0 Å². The Kier molecular flexibility index (Phi) is 3.50. The molecule has 0 amide bonds. The van der Waals surface area contributed by atoms with Gasteiger partial charge >= 0.3 is 12.1 Å². The van der Waals surface area contributed by atoms with E-state index in [0.717, 1.165) is 30.4 Å². The van der Waals surface area contributed by atoms with Gasteiger partial charge in [-0.1, -0.05) is 6.07 Å². The van der Waals surface area contributed by atoms with Gasteiger partial charge in [0.15, 0.2) is 0 Å². The van der Waals surface area contributed by atoms with Gasteiger partial charge in [0.1, 0.15) is 5.75 Å². The van der Waals surface area contributed by atoms with Crippen LogP contribution in [0.25, 0.3) is 0 Å². The molecule has 0 saturated carbocycles. The summed E-state index contributed by atoms with van der Waals surface area (Å²) in [4.78, 5) is 11.0. The zero-order valence-corrected chi connectivity index (χ0v) is 10.0. The first kappa shape index (κ1) is 12.8. The fraction of sp³-hybridized carbons (Fsp3) is 0.462. The highest BCUT2D eigenvalue weighted by atomic mass is 19.3. The Hall–Kier alpha value is -1.65. The van der Waals surface area contributed by atoms with E-state index in [1.54, 1.807) is 12.1 Å². The van der Waals surface area contributed by atoms with Crippen LogP contribution in [0.4, 0.5) is 8.78 Å². The Bertz CT molecular complexity index is 458. The van der Waals surface area contributed by atoms with E-state index in [2.05, 4.69) is 9.47 Å². The summed E-state index contributed by atoms with van der Waals surface area (Å²) in [6.45, 7) is 1.35. The number of benzene rings is 1. The van der Waals surface area contributed by atoms with Gasteiger partial charge in [0.05, 0.1) is 6.61 Å². The van der Waals surface area contributed by atoms with E-state index < -0.39 is 12.1 Å². The maximum Gasteiger partial charge on any atom is 0.502 e. The van der Waals surface area contributed by atoms with Crippen molar-refractivity contribution in [1.29, 1.82) is 0 Å². The average Bonchev–Trinajstić information content (AvgIpc) is 2.76. The number of rotatable bonds is 4. The van der Waals surface area contributed by atoms with Crippen molar-refractivity contribution in [3.63, 3.8) is 0 Å². The largest absolute Gasteiger partial charge is 0.502 e. The molecule has 1 aliphatic rings. The van der Waals surface area contributed by atoms with Crippen molar-refractivity contribution in [2.24, 2.45) is 0 Å². The van der Waals surface area contributed by atoms with Gasteiger partial charge in [-0.3, -0.25) is 0 Å². The second kappa shape index (κ2) is 4.92. The summed E-state index contributed by atoms with van der Waals surface area (Å²) in [5.74, 6) is -1.67. The smallest absolute Gasteiger partial charge is 0.459 e. The van der Waals surface area contributed by atoms with E-state index in [1.165, 1.54) is 13.0 Å². The standard InChI is InChI=1S/C13H14F2O3/c1-2-17-12(16)13(14,15)18-11-7-6-9-4-3-5-10(9)8-11/h6-8H,2-5H2,1H3. The van der Waals surface area contributed by atoms with Crippen molar-refractivity contribution in [2.45, 2.75) is 32.3 Å². The third-order valence-electron chi connectivity index (χ3n) is 2.83. The van der Waals surface area contributed by atoms with Crippen molar-refractivity contribution in [3.05, 3.63) is 29.3 Å². The lowest BCUT2D eigenvalue weighted by atomic mass is 10.1. The lowest BCUT2D eigenvalue weighted by Gasteiger charge is -2.16. The molecule has 0 heterocycles. The maximum absolute atomic E-state index is 13.3. The molecule has 0 unspecified atom stereocenters. The molecule has 3 nitrogen and oxygen atoms in total. The molecule has 0 N–H and O–H groups in total. The first-order valence-corrected chi connectivity index (χ1v) is 5.89. The van der Waals surface area contributed by atoms with Crippen molar-refractivity contribution in [1.82, 2.24) is 0 Å². The molecule has 98 valence electrons. The third-order valence-corrected chi connectivity index (χ3v) is 2.83. The predicted molar refractivity (Wildman–Crippen MR) is 60.7 cm³/mol. The fourth-order valence-corrected chi connectivity index (χ4v) is 2.02. The Morgan fingerprint density at radius 2 is 2.06 bits per heavy atom. The fourth-order valence-electron chi connectivity index (χ4n) is 2.02. The van der Waals surface area contributed by atoms with Crippen molar-refractivity contribution in [2.75, 3.05) is 6.61 Å². The molecule has 0 spiro atoms. The van der Waals surface area contributed by atoms with Crippen molar-refractivity contribution in [3.8, 4) is 5.75 Å². The third kappa shape index (κ3) is 2.60. The summed E-state index contributed by atoms with van der Waals surface area (Å²) < 4.78 is 35.4. The topological polar surface area (TPSA) is 35.5 Å². The normalized spacial score (nSPS) is 14.2. The highest BCUT2D eigenvalue weighted by Gasteiger charge is 2.44. The van der Waals surface area contributed by atoms with Gasteiger partial charge in [-0.05, 0) is 49.4 Å². The molecule has 1 aromatic rings. The summed E-state index contributed by atoms with van der Waals surface area (Å²) >= 11 is 0. The SMILES string of the molecule is CCOC(=O)C(F)(F)Oc1ccc2c(c1)CCC2. The summed E-state index contributed by atoms with van der Waals surface area (Å²) in [6.07, 6.45) is -1.10. The highest BCUT2D eigenvalue weighted by Crippen LogP contribution is 2.29. The minimum absolute atomic E-state index is 0.00583. The van der Waals surface area contributed by atoms with Gasteiger partial charge < -0.3 is 9.47 Å². The predicted octanol–water partition coefficient (Wildman–Crippen LogP) is 2.71. The number of hydrogen-bond acceptors (Lipinski definition) is 3. The average molecular weight is 256 g/mol. The molecule has 2 rings (SSSR count). The first-order chi connectivity index (χ1) is 8.53. The molecule has 0 saturated heterocycles. The molecule has 0 aliphatic heterocycles. The van der Waals surface area contributed by atoms with E-state index in [4.69, 9.17) is 0 Å². The number of fused-ring (bicyclic) bond motifs is 1. The first-order valence-electron chi connectivity index (χ1n) is 5.89. The van der Waals surface area contributed by atoms with E-state index in [9.17, 15) is 13.6 Å². The van der Waals surface area contributed by atoms with Crippen LogP contribution >= 0.6 is 0 Å². The van der Waals surface area contributed by atoms with Crippen LogP contribution in [-0.2, 0) is 22.4 Å². The molecule has 18 heavy (non-hydrogen) atoms. The molecule has 1 aromatic carbocycles. The molecule has 0 fully saturated rings. The summed E-state index contributed by atoms with van der Waals surface area (Å²) in [5, 5.41) is 0. The molecule has 0 radical (unpaired) electrons. The van der Waals surface area contributed by atoms with Gasteiger partial charge in [-0.2, -0.15) is 8.78 Å². The Balaban J connectivity index is 2.11. The van der Waals surface area contributed by atoms with Gasteiger partial charge in [0, 0.05) is 0 Å². The van der Waals surface area contributed by atoms with Gasteiger partial charge in [-0.15, -0.1) is 0 Å². The number of alkyl halides is 2. The van der Waals surface area contributed by atoms with E-state index in [-0.39, 0.29) is 12.4 Å². The lowest BCUT2D eigenvalue weighted by Crippen LogP contribution is -2.36. The Labute approximate surface area is 104 Å². The van der Waals surface area contributed by atoms with Crippen LogP contribution < -0.4 is 4.74 Å². The van der Waals surface area contributed by atoms with E-state index in [0.29, 0.717) is 0 Å². The van der Waals surface area contributed by atoms with Crippen LogP contribution in [0, 0.1) is 0 Å². The maximum atomic E-state index is 13.3. The molecule has 0 atom stereocenters. The zero-order valence-electron chi connectivity index (χ0n) is 10.0. The molecule has 0 bridgehead atoms. The second-order valence-corrected chi connectivity index (χ2v) is 4.12. The van der Waals surface area contributed by atoms with Crippen LogP contribution in [0.1, 0.15) is 24.5 Å². The molecule has 1 aliphatic carbocycles. The molecule has 5 heteroatoms. The lowest BCUT2D eigenvalue weighted by molar-refractivity contribution is -0.216. The number of esters is 1. The number of carbonyl (C=O) groups excluding carboxylic acids is 1. The van der Waals surface area contributed by atoms with Gasteiger partial charge in [-0.25, -0.2) is 4.79 Å². The van der Waals surface area contributed by atoms with Crippen molar-refractivity contribution < 1.29 is 23.0 Å². The number of halogens is 2. The van der Waals surface area contributed by atoms with Crippen LogP contribution in [0.3, 0.4) is 0 Å². The summed E-state index contributed by atoms with van der Waals surface area (Å²) in [5.41, 5.74) is 2.16. The Morgan fingerprint density at radius 3 is 2.78 bits per heavy atom. The van der Waals surface area contributed by atoms with Crippen LogP contribution in [-0.4, -0.2) is 18.7 Å². The van der Waals surface area contributed by atoms with Gasteiger partial charge in [0.25, 0.3) is 0 Å². The monoisotopic (exact) mass is 256 g/mol. The molecule has 0 aromatic heterocycles. The quantitative estimate of drug-likeness (QED) is 0.777. The number of ether oxygens (including phenoxy) is 2. The van der Waals surface area contributed by atoms with Crippen LogP contribution in [0.15, 0.2) is 18.2 Å². The van der Waals surface area contributed by atoms with E-state index >= 15 is 0 Å². The number of carbonyl (C=O) groups is 1. The number of hydrogen-bond donors (Lipinski definition) is 0. The van der Waals surface area contributed by atoms with Crippen LogP contribution in [0.2, 0.25) is 0 Å². The second-order valence-electron chi connectivity index (χ2n) is 4.12. The minimum Gasteiger partial charge on any atom is -0.459 e. The molecular formula is C13H14F2O3. The number of aryl methyl sites for hydroxylation is 2. The van der Waals surface area contributed by atoms with Crippen LogP contribution in [0.5, 0.6) is 5.75 Å².